The molecule has 2 heteroatoms. The maximum absolute atomic E-state index is 2.32. The molecular weight excluding hydrogens is 340 g/mol. The Labute approximate surface area is 167 Å². The van der Waals surface area contributed by atoms with Crippen LogP contribution in [0.2, 0.25) is 0 Å². The number of hydrogen-bond donors (Lipinski definition) is 0. The Bertz CT molecular complexity index is 1130. The van der Waals surface area contributed by atoms with Crippen molar-refractivity contribution in [2.24, 2.45) is 0 Å². The number of aryl methyl sites for hydroxylation is 3. The molecule has 28 heavy (non-hydrogen) atoms. The minimum atomic E-state index is 0.758. The topological polar surface area (TPSA) is 7.76 Å². The molecule has 138 valence electrons. The van der Waals surface area contributed by atoms with Crippen LogP contribution >= 0.6 is 0 Å². The lowest BCUT2D eigenvalue weighted by Crippen LogP contribution is -2.53. The van der Waals surface area contributed by atoms with Crippen molar-refractivity contribution in [2.45, 2.75) is 27.4 Å². The van der Waals surface area contributed by atoms with E-state index in [1.54, 1.807) is 0 Å². The van der Waals surface area contributed by atoms with E-state index >= 15 is 0 Å². The Balaban J connectivity index is 1.81. The molecule has 0 unspecified atom stereocenters. The standard InChI is InChI=1S/C26H26N2/c1-20-14-15-22(3)24(18-20)26-13-7-9-17-28(26)19-27-16-8-6-12-25(27)23-11-5-4-10-21(23)2/h4-18H,19H2,1-3H3/q+2. The van der Waals surface area contributed by atoms with Gasteiger partial charge in [0.25, 0.3) is 0 Å². The highest BCUT2D eigenvalue weighted by Gasteiger charge is 2.21. The maximum Gasteiger partial charge on any atom is 0.344 e. The highest BCUT2D eigenvalue weighted by atomic mass is 15.1. The Kier molecular flexibility index (Phi) is 5.03. The number of aromatic nitrogens is 2. The van der Waals surface area contributed by atoms with Gasteiger partial charge in [0.2, 0.25) is 11.4 Å². The van der Waals surface area contributed by atoms with Crippen molar-refractivity contribution in [1.29, 1.82) is 0 Å². The van der Waals surface area contributed by atoms with Gasteiger partial charge in [-0.25, -0.2) is 0 Å². The fourth-order valence-electron chi connectivity index (χ4n) is 3.72. The van der Waals surface area contributed by atoms with E-state index in [1.165, 1.54) is 39.2 Å². The first kappa shape index (κ1) is 18.1. The van der Waals surface area contributed by atoms with Gasteiger partial charge < -0.3 is 0 Å². The summed E-state index contributed by atoms with van der Waals surface area (Å²) in [7, 11) is 0. The summed E-state index contributed by atoms with van der Waals surface area (Å²) in [6.45, 7) is 7.26. The second-order valence-corrected chi connectivity index (χ2v) is 7.39. The predicted molar refractivity (Wildman–Crippen MR) is 114 cm³/mol. The predicted octanol–water partition coefficient (Wildman–Crippen LogP) is 5.03. The third kappa shape index (κ3) is 3.59. The monoisotopic (exact) mass is 366 g/mol. The van der Waals surface area contributed by atoms with Gasteiger partial charge >= 0.3 is 6.67 Å². The molecule has 0 saturated carbocycles. The molecule has 0 N–H and O–H groups in total. The Hall–Kier alpha value is -3.26. The van der Waals surface area contributed by atoms with Crippen molar-refractivity contribution in [3.05, 3.63) is 108 Å². The first-order valence-electron chi connectivity index (χ1n) is 9.74. The van der Waals surface area contributed by atoms with Crippen molar-refractivity contribution in [3.8, 4) is 22.5 Å². The molecule has 2 aromatic heterocycles. The van der Waals surface area contributed by atoms with E-state index in [2.05, 4.69) is 121 Å². The van der Waals surface area contributed by atoms with Crippen LogP contribution in [-0.2, 0) is 6.67 Å². The molecule has 0 amide bonds. The molecule has 4 rings (SSSR count). The largest absolute Gasteiger partial charge is 0.344 e. The lowest BCUT2D eigenvalue weighted by molar-refractivity contribution is -0.903. The summed E-state index contributed by atoms with van der Waals surface area (Å²) in [6.07, 6.45) is 4.33. The summed E-state index contributed by atoms with van der Waals surface area (Å²) in [5.41, 5.74) is 8.88. The third-order valence-electron chi connectivity index (χ3n) is 5.28. The normalized spacial score (nSPS) is 10.8. The number of benzene rings is 2. The van der Waals surface area contributed by atoms with E-state index in [-0.39, 0.29) is 0 Å². The average Bonchev–Trinajstić information content (AvgIpc) is 2.71. The van der Waals surface area contributed by atoms with Gasteiger partial charge in [-0.15, -0.1) is 9.13 Å². The molecular formula is C26H26N2+2. The van der Waals surface area contributed by atoms with Crippen molar-refractivity contribution < 1.29 is 9.13 Å². The van der Waals surface area contributed by atoms with Crippen LogP contribution < -0.4 is 9.13 Å². The number of hydrogen-bond acceptors (Lipinski definition) is 0. The van der Waals surface area contributed by atoms with Gasteiger partial charge in [-0.05, 0) is 56.2 Å². The molecule has 0 bridgehead atoms. The fraction of sp³-hybridized carbons (Fsp3) is 0.154. The zero-order valence-electron chi connectivity index (χ0n) is 16.8. The molecule has 2 heterocycles. The van der Waals surface area contributed by atoms with Crippen molar-refractivity contribution in [1.82, 2.24) is 0 Å². The van der Waals surface area contributed by atoms with Crippen LogP contribution in [0.3, 0.4) is 0 Å². The van der Waals surface area contributed by atoms with Crippen LogP contribution in [0.1, 0.15) is 16.7 Å². The zero-order chi connectivity index (χ0) is 19.5. The molecule has 0 aliphatic rings. The second kappa shape index (κ2) is 7.77. The highest BCUT2D eigenvalue weighted by Crippen LogP contribution is 2.22. The van der Waals surface area contributed by atoms with E-state index in [4.69, 9.17) is 0 Å². The van der Waals surface area contributed by atoms with Crippen molar-refractivity contribution in [3.63, 3.8) is 0 Å². The Morgan fingerprint density at radius 3 is 1.82 bits per heavy atom. The fourth-order valence-corrected chi connectivity index (χ4v) is 3.72. The van der Waals surface area contributed by atoms with E-state index in [1.807, 2.05) is 0 Å². The zero-order valence-corrected chi connectivity index (χ0v) is 16.8. The van der Waals surface area contributed by atoms with Gasteiger partial charge in [0, 0.05) is 35.4 Å². The van der Waals surface area contributed by atoms with Crippen LogP contribution in [-0.4, -0.2) is 0 Å². The summed E-state index contributed by atoms with van der Waals surface area (Å²) < 4.78 is 4.64. The van der Waals surface area contributed by atoms with Crippen LogP contribution in [0.4, 0.5) is 0 Å². The molecule has 2 aromatic carbocycles. The number of rotatable bonds is 4. The molecule has 0 radical (unpaired) electrons. The second-order valence-electron chi connectivity index (χ2n) is 7.39. The summed E-state index contributed by atoms with van der Waals surface area (Å²) in [5.74, 6) is 0. The first-order chi connectivity index (χ1) is 13.6. The van der Waals surface area contributed by atoms with E-state index < -0.39 is 0 Å². The van der Waals surface area contributed by atoms with Gasteiger partial charge in [0.05, 0.1) is 0 Å². The summed E-state index contributed by atoms with van der Waals surface area (Å²) in [4.78, 5) is 0. The third-order valence-corrected chi connectivity index (χ3v) is 5.28. The van der Waals surface area contributed by atoms with E-state index in [0.717, 1.165) is 6.67 Å². The quantitative estimate of drug-likeness (QED) is 0.448. The minimum Gasteiger partial charge on any atom is -0.139 e. The van der Waals surface area contributed by atoms with Gasteiger partial charge in [-0.3, -0.25) is 0 Å². The van der Waals surface area contributed by atoms with Crippen LogP contribution in [0.15, 0.2) is 91.3 Å². The molecule has 0 spiro atoms. The summed E-state index contributed by atoms with van der Waals surface area (Å²) in [6, 6.07) is 28.1. The van der Waals surface area contributed by atoms with E-state index in [9.17, 15) is 0 Å². The highest BCUT2D eigenvalue weighted by molar-refractivity contribution is 5.62. The molecule has 0 aliphatic carbocycles. The lowest BCUT2D eigenvalue weighted by Gasteiger charge is -2.08. The molecule has 0 atom stereocenters. The van der Waals surface area contributed by atoms with Crippen molar-refractivity contribution in [2.75, 3.05) is 0 Å². The molecule has 0 aliphatic heterocycles. The van der Waals surface area contributed by atoms with E-state index in [0.29, 0.717) is 0 Å². The van der Waals surface area contributed by atoms with Gasteiger partial charge in [-0.2, -0.15) is 0 Å². The van der Waals surface area contributed by atoms with Crippen LogP contribution in [0.25, 0.3) is 22.5 Å². The van der Waals surface area contributed by atoms with Gasteiger partial charge in [0.15, 0.2) is 12.4 Å². The SMILES string of the molecule is Cc1ccc(C)c(-c2cccc[n+]2C[n+]2ccccc2-c2ccccc2C)c1. The molecule has 0 saturated heterocycles. The maximum atomic E-state index is 2.32. The first-order valence-corrected chi connectivity index (χ1v) is 9.74. The summed E-state index contributed by atoms with van der Waals surface area (Å²) >= 11 is 0. The minimum absolute atomic E-state index is 0.758. The van der Waals surface area contributed by atoms with Crippen LogP contribution in [0, 0.1) is 20.8 Å². The Morgan fingerprint density at radius 1 is 0.571 bits per heavy atom. The van der Waals surface area contributed by atoms with Crippen LogP contribution in [0.5, 0.6) is 0 Å². The lowest BCUT2D eigenvalue weighted by atomic mass is 10.0. The van der Waals surface area contributed by atoms with Crippen molar-refractivity contribution >= 4 is 0 Å². The smallest absolute Gasteiger partial charge is 0.139 e. The number of nitrogens with zero attached hydrogens (tertiary/aromatic N) is 2. The summed E-state index contributed by atoms with van der Waals surface area (Å²) in [5, 5.41) is 0. The van der Waals surface area contributed by atoms with Gasteiger partial charge in [0.1, 0.15) is 0 Å². The molecule has 4 aromatic rings. The van der Waals surface area contributed by atoms with Gasteiger partial charge in [-0.1, -0.05) is 35.9 Å². The Morgan fingerprint density at radius 2 is 1.14 bits per heavy atom. The molecule has 2 nitrogen and oxygen atoms in total. The number of pyridine rings is 2. The molecule has 0 fully saturated rings. The average molecular weight is 367 g/mol.